The van der Waals surface area contributed by atoms with E-state index in [1.54, 1.807) is 12.1 Å². The summed E-state index contributed by atoms with van der Waals surface area (Å²) in [5.74, 6) is -0.491. The largest absolute Gasteiger partial charge is 0.481 e. The lowest BCUT2D eigenvalue weighted by Crippen LogP contribution is -2.13. The molecule has 0 aliphatic heterocycles. The van der Waals surface area contributed by atoms with Crippen LogP contribution in [0.25, 0.3) is 0 Å². The quantitative estimate of drug-likeness (QED) is 0.390. The van der Waals surface area contributed by atoms with Gasteiger partial charge in [0, 0.05) is 36.1 Å². The molecule has 0 amide bonds. The van der Waals surface area contributed by atoms with Gasteiger partial charge in [0.25, 0.3) is 0 Å². The number of anilines is 1. The van der Waals surface area contributed by atoms with Gasteiger partial charge in [-0.25, -0.2) is 18.1 Å². The first-order valence-corrected chi connectivity index (χ1v) is 9.42. The van der Waals surface area contributed by atoms with Gasteiger partial charge in [0.05, 0.1) is 7.11 Å². The molecular weight excluding hydrogens is 366 g/mol. The fourth-order valence-electron chi connectivity index (χ4n) is 1.91. The number of nitrogens with one attached hydrogen (secondary N) is 1. The minimum absolute atomic E-state index is 0.221. The lowest BCUT2D eigenvalue weighted by molar-refractivity contribution is 0.393. The molecule has 0 unspecified atom stereocenters. The molecule has 0 saturated carbocycles. The third-order valence-electron chi connectivity index (χ3n) is 3.12. The Morgan fingerprint density at radius 3 is 2.80 bits per heavy atom. The number of methoxy groups -OCH3 is 1. The monoisotopic (exact) mass is 386 g/mol. The Balaban J connectivity index is 2.06. The number of rotatable bonds is 9. The van der Waals surface area contributed by atoms with E-state index >= 15 is 0 Å². The molecule has 2 rings (SSSR count). The second-order valence-corrected chi connectivity index (χ2v) is 7.08. The standard InChI is InChI=1S/C16H20F2N4OS2/c1-4-8-22(2)25-21-13-9-14(23-3)20-16(19-13)24-10-11-6-5-7-12(17)15(11)18/h5-7,9H,4,8,10H2,1-3H3,(H,19,20,21). The van der Waals surface area contributed by atoms with E-state index < -0.39 is 11.6 Å². The first kappa shape index (κ1) is 19.7. The van der Waals surface area contributed by atoms with Gasteiger partial charge < -0.3 is 9.46 Å². The fraction of sp³-hybridized carbons (Fsp3) is 0.375. The van der Waals surface area contributed by atoms with Crippen LogP contribution in [0.4, 0.5) is 14.6 Å². The number of hydrogen-bond donors (Lipinski definition) is 1. The molecule has 5 nitrogen and oxygen atoms in total. The van der Waals surface area contributed by atoms with Crippen molar-refractivity contribution in [3.63, 3.8) is 0 Å². The van der Waals surface area contributed by atoms with Gasteiger partial charge in [-0.1, -0.05) is 30.8 Å². The number of hydrogen-bond acceptors (Lipinski definition) is 7. The Morgan fingerprint density at radius 1 is 1.28 bits per heavy atom. The smallest absolute Gasteiger partial charge is 0.219 e. The third-order valence-corrected chi connectivity index (χ3v) is 4.81. The summed E-state index contributed by atoms with van der Waals surface area (Å²) in [5, 5.41) is 0.421. The van der Waals surface area contributed by atoms with Crippen molar-refractivity contribution >= 4 is 29.7 Å². The first-order valence-electron chi connectivity index (χ1n) is 7.66. The summed E-state index contributed by atoms with van der Waals surface area (Å²) in [6.45, 7) is 3.03. The molecule has 0 spiro atoms. The summed E-state index contributed by atoms with van der Waals surface area (Å²) in [6, 6.07) is 5.80. The Hall–Kier alpha value is -1.58. The van der Waals surface area contributed by atoms with E-state index in [-0.39, 0.29) is 11.3 Å². The van der Waals surface area contributed by atoms with E-state index in [1.165, 1.54) is 37.1 Å². The SMILES string of the molecule is CCCN(C)SNc1cc(OC)nc(SCc2cccc(F)c2F)n1. The zero-order valence-electron chi connectivity index (χ0n) is 14.3. The van der Waals surface area contributed by atoms with Crippen LogP contribution in [-0.4, -0.2) is 35.0 Å². The summed E-state index contributed by atoms with van der Waals surface area (Å²) in [7, 11) is 3.49. The Kier molecular flexibility index (Phi) is 7.73. The predicted molar refractivity (Wildman–Crippen MR) is 98.6 cm³/mol. The topological polar surface area (TPSA) is 50.3 Å². The van der Waals surface area contributed by atoms with Crippen LogP contribution in [0.15, 0.2) is 29.4 Å². The minimum Gasteiger partial charge on any atom is -0.481 e. The lowest BCUT2D eigenvalue weighted by Gasteiger charge is -2.15. The van der Waals surface area contributed by atoms with Gasteiger partial charge in [0.1, 0.15) is 5.82 Å². The van der Waals surface area contributed by atoms with Crippen molar-refractivity contribution in [3.8, 4) is 5.88 Å². The summed E-state index contributed by atoms with van der Waals surface area (Å²) >= 11 is 2.63. The van der Waals surface area contributed by atoms with E-state index in [1.807, 2.05) is 11.4 Å². The van der Waals surface area contributed by atoms with Gasteiger partial charge in [0.15, 0.2) is 16.8 Å². The van der Waals surface area contributed by atoms with E-state index in [0.29, 0.717) is 16.9 Å². The van der Waals surface area contributed by atoms with Gasteiger partial charge in [0.2, 0.25) is 5.88 Å². The molecule has 9 heteroatoms. The van der Waals surface area contributed by atoms with E-state index in [4.69, 9.17) is 4.74 Å². The number of nitrogens with zero attached hydrogens (tertiary/aromatic N) is 3. The van der Waals surface area contributed by atoms with Gasteiger partial charge in [-0.2, -0.15) is 4.98 Å². The Bertz CT molecular complexity index is 706. The van der Waals surface area contributed by atoms with Crippen LogP contribution >= 0.6 is 23.9 Å². The molecule has 0 aliphatic rings. The summed E-state index contributed by atoms with van der Waals surface area (Å²) in [5.41, 5.74) is 0.267. The Labute approximate surface area is 154 Å². The molecular formula is C16H20F2N4OS2. The van der Waals surface area contributed by atoms with Crippen LogP contribution in [0.2, 0.25) is 0 Å². The van der Waals surface area contributed by atoms with Crippen molar-refractivity contribution in [2.75, 3.05) is 25.4 Å². The molecule has 0 aliphatic carbocycles. The minimum atomic E-state index is -0.859. The molecule has 1 heterocycles. The van der Waals surface area contributed by atoms with Gasteiger partial charge in [-0.3, -0.25) is 0 Å². The molecule has 0 radical (unpaired) electrons. The highest BCUT2D eigenvalue weighted by atomic mass is 32.2. The normalized spacial score (nSPS) is 11.0. The maximum absolute atomic E-state index is 13.7. The fourth-order valence-corrected chi connectivity index (χ4v) is 3.37. The maximum Gasteiger partial charge on any atom is 0.219 e. The van der Waals surface area contributed by atoms with Gasteiger partial charge in [-0.15, -0.1) is 0 Å². The van der Waals surface area contributed by atoms with Crippen LogP contribution in [0.3, 0.4) is 0 Å². The van der Waals surface area contributed by atoms with Crippen LogP contribution < -0.4 is 9.46 Å². The zero-order valence-corrected chi connectivity index (χ0v) is 15.9. The summed E-state index contributed by atoms with van der Waals surface area (Å²) in [6.07, 6.45) is 1.04. The second kappa shape index (κ2) is 9.79. The number of ether oxygens (including phenoxy) is 1. The van der Waals surface area contributed by atoms with Crippen molar-refractivity contribution in [3.05, 3.63) is 41.5 Å². The van der Waals surface area contributed by atoms with E-state index in [9.17, 15) is 8.78 Å². The molecule has 136 valence electrons. The molecule has 25 heavy (non-hydrogen) atoms. The van der Waals surface area contributed by atoms with Crippen molar-refractivity contribution < 1.29 is 13.5 Å². The van der Waals surface area contributed by atoms with E-state index in [2.05, 4.69) is 21.6 Å². The third kappa shape index (κ3) is 6.02. The van der Waals surface area contributed by atoms with Gasteiger partial charge >= 0.3 is 0 Å². The number of benzene rings is 1. The average molecular weight is 386 g/mol. The van der Waals surface area contributed by atoms with Gasteiger partial charge in [-0.05, 0) is 19.5 Å². The maximum atomic E-state index is 13.7. The highest BCUT2D eigenvalue weighted by molar-refractivity contribution is 7.98. The zero-order chi connectivity index (χ0) is 18.2. The number of aromatic nitrogens is 2. The predicted octanol–water partition coefficient (Wildman–Crippen LogP) is 4.37. The van der Waals surface area contributed by atoms with Crippen LogP contribution in [0, 0.1) is 11.6 Å². The number of halogens is 2. The van der Waals surface area contributed by atoms with Crippen LogP contribution in [0.5, 0.6) is 5.88 Å². The molecule has 0 fully saturated rings. The molecule has 0 atom stereocenters. The molecule has 1 aromatic heterocycles. The second-order valence-electron chi connectivity index (χ2n) is 5.12. The summed E-state index contributed by atoms with van der Waals surface area (Å²) in [4.78, 5) is 8.61. The average Bonchev–Trinajstić information content (AvgIpc) is 2.61. The van der Waals surface area contributed by atoms with Crippen molar-refractivity contribution in [2.45, 2.75) is 24.3 Å². The van der Waals surface area contributed by atoms with Crippen molar-refractivity contribution in [1.82, 2.24) is 14.3 Å². The Morgan fingerprint density at radius 2 is 2.08 bits per heavy atom. The highest BCUT2D eigenvalue weighted by Gasteiger charge is 2.11. The van der Waals surface area contributed by atoms with Crippen LogP contribution in [-0.2, 0) is 5.75 Å². The highest BCUT2D eigenvalue weighted by Crippen LogP contribution is 2.26. The molecule has 1 N–H and O–H groups in total. The van der Waals surface area contributed by atoms with Crippen molar-refractivity contribution in [2.24, 2.45) is 0 Å². The lowest BCUT2D eigenvalue weighted by atomic mass is 10.2. The van der Waals surface area contributed by atoms with Crippen molar-refractivity contribution in [1.29, 1.82) is 0 Å². The first-order chi connectivity index (χ1) is 12.0. The molecule has 0 bridgehead atoms. The molecule has 1 aromatic carbocycles. The number of thioether (sulfide) groups is 1. The summed E-state index contributed by atoms with van der Waals surface area (Å²) < 4.78 is 37.4. The van der Waals surface area contributed by atoms with Crippen LogP contribution in [0.1, 0.15) is 18.9 Å². The molecule has 0 saturated heterocycles. The van der Waals surface area contributed by atoms with E-state index in [0.717, 1.165) is 19.0 Å². The molecule has 2 aromatic rings.